The Morgan fingerprint density at radius 1 is 1.19 bits per heavy atom. The van der Waals surface area contributed by atoms with E-state index in [1.807, 2.05) is 11.4 Å². The van der Waals surface area contributed by atoms with Crippen molar-refractivity contribution in [3.8, 4) is 6.07 Å². The molecule has 36 heavy (non-hydrogen) atoms. The third-order valence-electron chi connectivity index (χ3n) is 6.83. The number of carbonyl (C=O) groups is 1. The number of anilines is 1. The normalized spacial score (nSPS) is 21.6. The zero-order chi connectivity index (χ0) is 25.4. The summed E-state index contributed by atoms with van der Waals surface area (Å²) in [4.78, 5) is 17.6. The summed E-state index contributed by atoms with van der Waals surface area (Å²) in [5.74, 6) is -0.898. The van der Waals surface area contributed by atoms with E-state index in [-0.39, 0.29) is 29.3 Å². The predicted molar refractivity (Wildman–Crippen MR) is 130 cm³/mol. The van der Waals surface area contributed by atoms with E-state index in [0.29, 0.717) is 37.3 Å². The van der Waals surface area contributed by atoms with Crippen molar-refractivity contribution in [3.63, 3.8) is 0 Å². The van der Waals surface area contributed by atoms with Gasteiger partial charge in [0.25, 0.3) is 0 Å². The lowest BCUT2D eigenvalue weighted by molar-refractivity contribution is -0.137. The van der Waals surface area contributed by atoms with E-state index in [1.165, 1.54) is 34.4 Å². The van der Waals surface area contributed by atoms with E-state index in [1.54, 1.807) is 0 Å². The molecule has 0 spiro atoms. The SMILES string of the molecule is N#CC1=C(N)N(c2ccccc2C(F)(F)F)C2=C(C(=O)CCC2)[C@@H]1c1cc(CN2CCOCC2)cs1. The number of halogens is 3. The Kier molecular flexibility index (Phi) is 6.64. The zero-order valence-corrected chi connectivity index (χ0v) is 20.3. The summed E-state index contributed by atoms with van der Waals surface area (Å²) >= 11 is 1.44. The van der Waals surface area contributed by atoms with Crippen molar-refractivity contribution in [2.24, 2.45) is 5.73 Å². The van der Waals surface area contributed by atoms with E-state index in [2.05, 4.69) is 11.0 Å². The van der Waals surface area contributed by atoms with Crippen molar-refractivity contribution in [2.75, 3.05) is 31.2 Å². The molecule has 3 aliphatic rings. The number of rotatable bonds is 4. The highest BCUT2D eigenvalue weighted by Gasteiger charge is 2.43. The Hall–Kier alpha value is -3.13. The number of ketones is 1. The predicted octanol–water partition coefficient (Wildman–Crippen LogP) is 4.90. The second kappa shape index (κ2) is 9.73. The van der Waals surface area contributed by atoms with Crippen LogP contribution in [0.1, 0.15) is 41.2 Å². The van der Waals surface area contributed by atoms with Gasteiger partial charge < -0.3 is 10.5 Å². The molecular weight excluding hydrogens is 489 g/mol. The number of benzene rings is 1. The molecule has 0 unspecified atom stereocenters. The van der Waals surface area contributed by atoms with Gasteiger partial charge in [0.1, 0.15) is 5.82 Å². The Balaban J connectivity index is 1.61. The first-order valence-corrected chi connectivity index (χ1v) is 12.7. The highest BCUT2D eigenvalue weighted by molar-refractivity contribution is 7.10. The lowest BCUT2D eigenvalue weighted by atomic mass is 9.78. The number of nitriles is 1. The summed E-state index contributed by atoms with van der Waals surface area (Å²) in [7, 11) is 0. The Morgan fingerprint density at radius 3 is 2.67 bits per heavy atom. The maximum atomic E-state index is 13.9. The van der Waals surface area contributed by atoms with E-state index in [9.17, 15) is 23.2 Å². The first-order valence-electron chi connectivity index (χ1n) is 11.8. The number of ether oxygens (including phenoxy) is 1. The van der Waals surface area contributed by atoms with Gasteiger partial charge in [-0.1, -0.05) is 12.1 Å². The molecule has 10 heteroatoms. The van der Waals surface area contributed by atoms with Crippen molar-refractivity contribution in [2.45, 2.75) is 37.9 Å². The number of thiophene rings is 1. The highest BCUT2D eigenvalue weighted by Crippen LogP contribution is 2.49. The van der Waals surface area contributed by atoms with Gasteiger partial charge in [-0.25, -0.2) is 0 Å². The molecule has 1 saturated heterocycles. The number of hydrogen-bond acceptors (Lipinski definition) is 7. The Morgan fingerprint density at radius 2 is 1.94 bits per heavy atom. The van der Waals surface area contributed by atoms with Crippen LogP contribution in [0.2, 0.25) is 0 Å². The molecule has 1 fully saturated rings. The molecule has 1 aromatic heterocycles. The third kappa shape index (κ3) is 4.43. The Labute approximate surface area is 211 Å². The van der Waals surface area contributed by atoms with Crippen LogP contribution in [0.3, 0.4) is 0 Å². The molecule has 2 aliphatic heterocycles. The maximum Gasteiger partial charge on any atom is 0.418 e. The van der Waals surface area contributed by atoms with Crippen LogP contribution >= 0.6 is 11.3 Å². The number of nitrogens with two attached hydrogens (primary N) is 1. The van der Waals surface area contributed by atoms with Crippen LogP contribution in [0.4, 0.5) is 18.9 Å². The van der Waals surface area contributed by atoms with Gasteiger partial charge in [0, 0.05) is 42.2 Å². The minimum atomic E-state index is -4.62. The van der Waals surface area contributed by atoms with E-state index in [0.717, 1.165) is 36.1 Å². The molecular formula is C26H25F3N4O2S. The van der Waals surface area contributed by atoms with Crippen LogP contribution in [0.5, 0.6) is 0 Å². The van der Waals surface area contributed by atoms with Crippen molar-refractivity contribution >= 4 is 22.8 Å². The molecule has 0 saturated carbocycles. The van der Waals surface area contributed by atoms with Crippen molar-refractivity contribution < 1.29 is 22.7 Å². The number of Topliss-reactive ketones (excluding diaryl/α,β-unsaturated/α-hetero) is 1. The van der Waals surface area contributed by atoms with Crippen LogP contribution in [0.25, 0.3) is 0 Å². The highest BCUT2D eigenvalue weighted by atomic mass is 32.1. The summed E-state index contributed by atoms with van der Waals surface area (Å²) in [5, 5.41) is 12.2. The third-order valence-corrected chi connectivity index (χ3v) is 7.88. The summed E-state index contributed by atoms with van der Waals surface area (Å²) in [6, 6.07) is 9.25. The monoisotopic (exact) mass is 514 g/mol. The van der Waals surface area contributed by atoms with Gasteiger partial charge in [-0.15, -0.1) is 11.3 Å². The van der Waals surface area contributed by atoms with E-state index >= 15 is 0 Å². The topological polar surface area (TPSA) is 82.6 Å². The molecule has 1 aromatic carbocycles. The number of para-hydroxylation sites is 1. The van der Waals surface area contributed by atoms with Crippen LogP contribution in [-0.2, 0) is 22.3 Å². The number of carbonyl (C=O) groups excluding carboxylic acids is 1. The fraction of sp³-hybridized carbons (Fsp3) is 0.385. The second-order valence-corrected chi connectivity index (χ2v) is 10.0. The molecule has 2 N–H and O–H groups in total. The second-order valence-electron chi connectivity index (χ2n) is 9.08. The standard InChI is InChI=1S/C26H25F3N4O2S/c27-26(28,29)18-4-1-2-5-19(18)33-20-6-3-7-21(34)24(20)23(17(13-30)25(33)31)22-12-16(15-36-22)14-32-8-10-35-11-9-32/h1-2,4-5,12,15,23H,3,6-11,14,31H2/t23-/m0/s1. The number of hydrogen-bond donors (Lipinski definition) is 1. The molecule has 188 valence electrons. The lowest BCUT2D eigenvalue weighted by Gasteiger charge is -2.40. The van der Waals surface area contributed by atoms with Crippen LogP contribution < -0.4 is 10.6 Å². The molecule has 2 aromatic rings. The van der Waals surface area contributed by atoms with Gasteiger partial charge in [0.05, 0.1) is 42.0 Å². The molecule has 3 heterocycles. The van der Waals surface area contributed by atoms with Crippen molar-refractivity contribution in [1.29, 1.82) is 5.26 Å². The number of alkyl halides is 3. The molecule has 0 radical (unpaired) electrons. The molecule has 5 rings (SSSR count). The van der Waals surface area contributed by atoms with Crippen LogP contribution in [-0.4, -0.2) is 37.0 Å². The van der Waals surface area contributed by atoms with Gasteiger partial charge in [0.2, 0.25) is 0 Å². The summed E-state index contributed by atoms with van der Waals surface area (Å²) in [6.07, 6.45) is -3.43. The molecule has 1 aliphatic carbocycles. The first kappa shape index (κ1) is 24.6. The fourth-order valence-electron chi connectivity index (χ4n) is 5.20. The number of allylic oxidation sites excluding steroid dienone is 3. The summed E-state index contributed by atoms with van der Waals surface area (Å²) < 4.78 is 47.1. The van der Waals surface area contributed by atoms with Gasteiger partial charge in [-0.2, -0.15) is 18.4 Å². The quantitative estimate of drug-likeness (QED) is 0.625. The largest absolute Gasteiger partial charge is 0.418 e. The zero-order valence-electron chi connectivity index (χ0n) is 19.5. The fourth-order valence-corrected chi connectivity index (χ4v) is 6.22. The number of nitrogens with zero attached hydrogens (tertiary/aromatic N) is 3. The summed E-state index contributed by atoms with van der Waals surface area (Å²) in [5.41, 5.74) is 7.42. The number of morpholine rings is 1. The minimum Gasteiger partial charge on any atom is -0.384 e. The minimum absolute atomic E-state index is 0.0595. The van der Waals surface area contributed by atoms with Crippen molar-refractivity contribution in [1.82, 2.24) is 4.90 Å². The molecule has 1 atom stereocenters. The first-order chi connectivity index (χ1) is 17.3. The van der Waals surface area contributed by atoms with E-state index in [4.69, 9.17) is 10.5 Å². The van der Waals surface area contributed by atoms with Crippen molar-refractivity contribution in [3.05, 3.63) is 74.4 Å². The molecule has 6 nitrogen and oxygen atoms in total. The lowest BCUT2D eigenvalue weighted by Crippen LogP contribution is -2.39. The van der Waals surface area contributed by atoms with Crippen LogP contribution in [0, 0.1) is 11.3 Å². The summed E-state index contributed by atoms with van der Waals surface area (Å²) in [6.45, 7) is 3.73. The van der Waals surface area contributed by atoms with Gasteiger partial charge in [-0.3, -0.25) is 14.6 Å². The maximum absolute atomic E-state index is 13.9. The van der Waals surface area contributed by atoms with Gasteiger partial charge in [-0.05, 0) is 42.0 Å². The Bertz CT molecular complexity index is 1280. The van der Waals surface area contributed by atoms with E-state index < -0.39 is 17.7 Å². The smallest absolute Gasteiger partial charge is 0.384 e. The average Bonchev–Trinajstić information content (AvgIpc) is 3.31. The average molecular weight is 515 g/mol. The molecule has 0 amide bonds. The van der Waals surface area contributed by atoms with Gasteiger partial charge >= 0.3 is 6.18 Å². The molecule has 0 bridgehead atoms. The van der Waals surface area contributed by atoms with Crippen LogP contribution in [0.15, 0.2) is 58.4 Å². The van der Waals surface area contributed by atoms with Gasteiger partial charge in [0.15, 0.2) is 5.78 Å².